The van der Waals surface area contributed by atoms with Crippen molar-refractivity contribution in [3.8, 4) is 0 Å². The zero-order valence-electron chi connectivity index (χ0n) is 12.2. The van der Waals surface area contributed by atoms with E-state index in [1.807, 2.05) is 5.20 Å². The van der Waals surface area contributed by atoms with Gasteiger partial charge >= 0.3 is 0 Å². The molecule has 0 aromatic carbocycles. The molecule has 0 fully saturated rings. The van der Waals surface area contributed by atoms with Crippen LogP contribution in [0.4, 0.5) is 0 Å². The summed E-state index contributed by atoms with van der Waals surface area (Å²) >= 11 is 0. The molecule has 0 radical (unpaired) electrons. The molecular formula is C15H26Si. The Morgan fingerprint density at radius 1 is 1.00 bits per heavy atom. The lowest BCUT2D eigenvalue weighted by Crippen LogP contribution is -2.32. The van der Waals surface area contributed by atoms with Gasteiger partial charge in [-0.05, 0) is 10.8 Å². The molecule has 2 rings (SSSR count). The van der Waals surface area contributed by atoms with Crippen molar-refractivity contribution in [3.05, 3.63) is 22.0 Å². The minimum atomic E-state index is -1.04. The maximum atomic E-state index is 2.55. The highest BCUT2D eigenvalue weighted by atomic mass is 28.3. The third-order valence-electron chi connectivity index (χ3n) is 4.21. The summed E-state index contributed by atoms with van der Waals surface area (Å²) in [5.74, 6) is 0.726. The summed E-state index contributed by atoms with van der Waals surface area (Å²) in [5, 5.41) is 3.61. The van der Waals surface area contributed by atoms with E-state index >= 15 is 0 Å². The second-order valence-corrected chi connectivity index (χ2v) is 12.4. The zero-order valence-corrected chi connectivity index (χ0v) is 13.2. The largest absolute Gasteiger partial charge is 0.107 e. The van der Waals surface area contributed by atoms with Gasteiger partial charge in [-0.2, -0.15) is 0 Å². The first-order chi connectivity index (χ1) is 6.97. The first-order valence-electron chi connectivity index (χ1n) is 6.44. The van der Waals surface area contributed by atoms with Crippen LogP contribution in [0.25, 0.3) is 0 Å². The summed E-state index contributed by atoms with van der Waals surface area (Å²) in [6, 6.07) is 0. The van der Waals surface area contributed by atoms with Gasteiger partial charge in [-0.15, -0.1) is 0 Å². The second-order valence-electron chi connectivity index (χ2n) is 8.10. The Hall–Kier alpha value is -0.303. The average molecular weight is 234 g/mol. The molecule has 1 aliphatic heterocycles. The first kappa shape index (κ1) is 12.2. The number of hydrogen-bond acceptors (Lipinski definition) is 0. The van der Waals surface area contributed by atoms with Crippen molar-refractivity contribution in [1.29, 1.82) is 0 Å². The van der Waals surface area contributed by atoms with Crippen molar-refractivity contribution in [3.63, 3.8) is 0 Å². The molecule has 0 nitrogen and oxygen atoms in total. The maximum absolute atomic E-state index is 2.55. The molecule has 1 unspecified atom stereocenters. The van der Waals surface area contributed by atoms with Crippen LogP contribution in [0, 0.1) is 16.7 Å². The molecule has 90 valence electrons. The Morgan fingerprint density at radius 3 is 1.88 bits per heavy atom. The van der Waals surface area contributed by atoms with E-state index in [1.165, 1.54) is 0 Å². The molecule has 0 saturated carbocycles. The molecule has 0 aromatic rings. The van der Waals surface area contributed by atoms with E-state index in [1.54, 1.807) is 10.8 Å². The van der Waals surface area contributed by atoms with Crippen molar-refractivity contribution >= 4 is 8.07 Å². The maximum Gasteiger partial charge on any atom is 0.107 e. The van der Waals surface area contributed by atoms with Crippen molar-refractivity contribution < 1.29 is 0 Å². The van der Waals surface area contributed by atoms with E-state index in [2.05, 4.69) is 60.7 Å². The molecule has 1 heteroatoms. The fourth-order valence-electron chi connectivity index (χ4n) is 3.25. The SMILES string of the molecule is CC(C)(C)C1=CC2=C(C1C(C)(C)C)[Si]2(C)C. The summed E-state index contributed by atoms with van der Waals surface area (Å²) < 4.78 is 0. The van der Waals surface area contributed by atoms with Gasteiger partial charge in [0.05, 0.1) is 0 Å². The van der Waals surface area contributed by atoms with Crippen molar-refractivity contribution in [1.82, 2.24) is 0 Å². The molecule has 1 atom stereocenters. The van der Waals surface area contributed by atoms with Crippen LogP contribution in [0.2, 0.25) is 13.1 Å². The van der Waals surface area contributed by atoms with Crippen molar-refractivity contribution in [2.75, 3.05) is 0 Å². The van der Waals surface area contributed by atoms with Crippen LogP contribution in [0.15, 0.2) is 22.0 Å². The fourth-order valence-corrected chi connectivity index (χ4v) is 7.09. The van der Waals surface area contributed by atoms with Gasteiger partial charge < -0.3 is 0 Å². The van der Waals surface area contributed by atoms with E-state index in [4.69, 9.17) is 0 Å². The summed E-state index contributed by atoms with van der Waals surface area (Å²) in [6.07, 6.45) is 2.55. The highest BCUT2D eigenvalue weighted by Crippen LogP contribution is 2.62. The van der Waals surface area contributed by atoms with E-state index in [0.717, 1.165) is 5.92 Å². The molecule has 0 N–H and O–H groups in total. The van der Waals surface area contributed by atoms with Gasteiger partial charge in [-0.1, -0.05) is 76.7 Å². The molecule has 0 spiro atoms. The topological polar surface area (TPSA) is 0 Å². The van der Waals surface area contributed by atoms with Gasteiger partial charge in [0.1, 0.15) is 8.07 Å². The molecule has 0 bridgehead atoms. The Labute approximate surface area is 102 Å². The monoisotopic (exact) mass is 234 g/mol. The lowest BCUT2D eigenvalue weighted by molar-refractivity contribution is 0.288. The van der Waals surface area contributed by atoms with E-state index in [9.17, 15) is 0 Å². The predicted molar refractivity (Wildman–Crippen MR) is 75.0 cm³/mol. The second kappa shape index (κ2) is 2.93. The molecule has 0 aromatic heterocycles. The summed E-state index contributed by atoms with van der Waals surface area (Å²) in [5.41, 5.74) is 2.39. The molecular weight excluding hydrogens is 208 g/mol. The number of rotatable bonds is 0. The fraction of sp³-hybridized carbons (Fsp3) is 0.733. The number of allylic oxidation sites excluding steroid dienone is 4. The quantitative estimate of drug-likeness (QED) is 0.531. The first-order valence-corrected chi connectivity index (χ1v) is 9.44. The Balaban J connectivity index is 2.41. The van der Waals surface area contributed by atoms with Crippen LogP contribution in [-0.2, 0) is 0 Å². The lowest BCUT2D eigenvalue weighted by Gasteiger charge is -2.39. The minimum Gasteiger partial charge on any atom is -0.0689 e. The van der Waals surface area contributed by atoms with E-state index in [-0.39, 0.29) is 0 Å². The van der Waals surface area contributed by atoms with Crippen LogP contribution < -0.4 is 0 Å². The minimum absolute atomic E-state index is 0.329. The molecule has 0 amide bonds. The van der Waals surface area contributed by atoms with Crippen LogP contribution >= 0.6 is 0 Å². The van der Waals surface area contributed by atoms with Crippen LogP contribution in [0.5, 0.6) is 0 Å². The zero-order chi connectivity index (χ0) is 12.5. The van der Waals surface area contributed by atoms with Gasteiger partial charge in [0.25, 0.3) is 0 Å². The van der Waals surface area contributed by atoms with Gasteiger partial charge in [0, 0.05) is 5.92 Å². The highest BCUT2D eigenvalue weighted by molar-refractivity contribution is 7.02. The van der Waals surface area contributed by atoms with E-state index in [0.29, 0.717) is 10.8 Å². The molecule has 16 heavy (non-hydrogen) atoms. The Bertz CT molecular complexity index is 394. The van der Waals surface area contributed by atoms with Crippen LogP contribution in [0.1, 0.15) is 41.5 Å². The highest BCUT2D eigenvalue weighted by Gasteiger charge is 2.57. The Kier molecular flexibility index (Phi) is 2.22. The van der Waals surface area contributed by atoms with Gasteiger partial charge in [-0.25, -0.2) is 0 Å². The van der Waals surface area contributed by atoms with Crippen LogP contribution in [-0.4, -0.2) is 8.07 Å². The van der Waals surface area contributed by atoms with Crippen molar-refractivity contribution in [2.45, 2.75) is 54.6 Å². The number of hydrogen-bond donors (Lipinski definition) is 0. The summed E-state index contributed by atoms with van der Waals surface area (Å²) in [4.78, 5) is 0. The lowest BCUT2D eigenvalue weighted by atomic mass is 9.70. The van der Waals surface area contributed by atoms with Gasteiger partial charge in [-0.3, -0.25) is 0 Å². The standard InChI is InChI=1S/C15H26Si/c1-14(2,3)10-9-11-13(16(11,7)8)12(10)15(4,5)6/h9,12H,1-8H3. The van der Waals surface area contributed by atoms with Crippen LogP contribution in [0.3, 0.4) is 0 Å². The van der Waals surface area contributed by atoms with Gasteiger partial charge in [0.15, 0.2) is 0 Å². The normalized spacial score (nSPS) is 28.0. The summed E-state index contributed by atoms with van der Waals surface area (Å²) in [7, 11) is -1.04. The molecule has 0 saturated heterocycles. The molecule has 2 aliphatic rings. The molecule has 1 aliphatic carbocycles. The smallest absolute Gasteiger partial charge is 0.0689 e. The third kappa shape index (κ3) is 1.55. The molecule has 1 heterocycles. The average Bonchev–Trinajstić information content (AvgIpc) is 2.39. The summed E-state index contributed by atoms with van der Waals surface area (Å²) in [6.45, 7) is 19.3. The van der Waals surface area contributed by atoms with Crippen molar-refractivity contribution in [2.24, 2.45) is 16.7 Å². The third-order valence-corrected chi connectivity index (χ3v) is 7.62. The predicted octanol–water partition coefficient (Wildman–Crippen LogP) is 4.73. The van der Waals surface area contributed by atoms with Gasteiger partial charge in [0.2, 0.25) is 0 Å². The Morgan fingerprint density at radius 2 is 1.50 bits per heavy atom. The van der Waals surface area contributed by atoms with E-state index < -0.39 is 8.07 Å².